The summed E-state index contributed by atoms with van der Waals surface area (Å²) in [6.45, 7) is 2.26. The van der Waals surface area contributed by atoms with Gasteiger partial charge >= 0.3 is 0 Å². The summed E-state index contributed by atoms with van der Waals surface area (Å²) >= 11 is 2.27. The van der Waals surface area contributed by atoms with Gasteiger partial charge in [-0.25, -0.2) is 4.98 Å². The van der Waals surface area contributed by atoms with Gasteiger partial charge in [-0.05, 0) is 54.1 Å². The van der Waals surface area contributed by atoms with E-state index in [1.807, 2.05) is 6.07 Å². The highest BCUT2D eigenvalue weighted by Gasteiger charge is 2.15. The van der Waals surface area contributed by atoms with E-state index in [2.05, 4.69) is 45.0 Å². The molecule has 0 radical (unpaired) electrons. The standard InChI is InChI=1S/C10H13IN2/c11-10-5-1-4-9(13-10)8-3-2-6-12-7-8/h1,4-5,8,12H,2-3,6-7H2. The summed E-state index contributed by atoms with van der Waals surface area (Å²) in [7, 11) is 0. The van der Waals surface area contributed by atoms with Gasteiger partial charge in [-0.2, -0.15) is 0 Å². The van der Waals surface area contributed by atoms with Crippen LogP contribution in [0, 0.1) is 3.70 Å². The highest BCUT2D eigenvalue weighted by Crippen LogP contribution is 2.21. The highest BCUT2D eigenvalue weighted by atomic mass is 127. The number of nitrogens with zero attached hydrogens (tertiary/aromatic N) is 1. The van der Waals surface area contributed by atoms with Crippen LogP contribution in [-0.2, 0) is 0 Å². The predicted molar refractivity (Wildman–Crippen MR) is 61.8 cm³/mol. The first-order chi connectivity index (χ1) is 6.36. The Kier molecular flexibility index (Phi) is 3.16. The first kappa shape index (κ1) is 9.40. The zero-order valence-electron chi connectivity index (χ0n) is 7.46. The molecule has 2 heterocycles. The molecule has 1 N–H and O–H groups in total. The maximum Gasteiger partial charge on any atom is 0.101 e. The van der Waals surface area contributed by atoms with E-state index in [1.165, 1.54) is 25.1 Å². The number of piperidine rings is 1. The largest absolute Gasteiger partial charge is 0.316 e. The molecule has 1 saturated heterocycles. The first-order valence-electron chi connectivity index (χ1n) is 4.69. The normalized spacial score (nSPS) is 23.0. The molecule has 3 heteroatoms. The van der Waals surface area contributed by atoms with Crippen molar-refractivity contribution in [1.29, 1.82) is 0 Å². The molecule has 1 aromatic rings. The van der Waals surface area contributed by atoms with Crippen molar-refractivity contribution in [1.82, 2.24) is 10.3 Å². The minimum absolute atomic E-state index is 0.628. The van der Waals surface area contributed by atoms with E-state index in [0.29, 0.717) is 5.92 Å². The Morgan fingerprint density at radius 1 is 1.46 bits per heavy atom. The quantitative estimate of drug-likeness (QED) is 0.632. The van der Waals surface area contributed by atoms with Crippen LogP contribution in [0.1, 0.15) is 24.5 Å². The average Bonchev–Trinajstić information content (AvgIpc) is 2.19. The van der Waals surface area contributed by atoms with E-state index >= 15 is 0 Å². The number of rotatable bonds is 1. The Balaban J connectivity index is 2.14. The van der Waals surface area contributed by atoms with Crippen LogP contribution in [-0.4, -0.2) is 18.1 Å². The smallest absolute Gasteiger partial charge is 0.101 e. The van der Waals surface area contributed by atoms with Crippen LogP contribution in [0.15, 0.2) is 18.2 Å². The lowest BCUT2D eigenvalue weighted by molar-refractivity contribution is 0.454. The van der Waals surface area contributed by atoms with Crippen molar-refractivity contribution < 1.29 is 0 Å². The van der Waals surface area contributed by atoms with Crippen LogP contribution >= 0.6 is 22.6 Å². The molecule has 2 rings (SSSR count). The number of nitrogens with one attached hydrogen (secondary N) is 1. The third kappa shape index (κ3) is 2.40. The fourth-order valence-corrected chi connectivity index (χ4v) is 2.24. The van der Waals surface area contributed by atoms with Gasteiger partial charge in [0.15, 0.2) is 0 Å². The lowest BCUT2D eigenvalue weighted by atomic mass is 9.96. The molecule has 0 bridgehead atoms. The van der Waals surface area contributed by atoms with Gasteiger partial charge in [0.25, 0.3) is 0 Å². The van der Waals surface area contributed by atoms with Crippen LogP contribution in [0.4, 0.5) is 0 Å². The zero-order valence-corrected chi connectivity index (χ0v) is 9.62. The molecule has 1 aliphatic heterocycles. The Bertz CT molecular complexity index is 282. The molecular formula is C10H13IN2. The van der Waals surface area contributed by atoms with Crippen LogP contribution < -0.4 is 5.32 Å². The molecule has 0 aromatic carbocycles. The summed E-state index contributed by atoms with van der Waals surface area (Å²) in [5.41, 5.74) is 1.25. The molecule has 1 atom stereocenters. The highest BCUT2D eigenvalue weighted by molar-refractivity contribution is 14.1. The van der Waals surface area contributed by atoms with Gasteiger partial charge in [0.2, 0.25) is 0 Å². The van der Waals surface area contributed by atoms with Crippen molar-refractivity contribution in [3.05, 3.63) is 27.6 Å². The van der Waals surface area contributed by atoms with E-state index in [4.69, 9.17) is 0 Å². The maximum absolute atomic E-state index is 4.54. The molecule has 13 heavy (non-hydrogen) atoms. The lowest BCUT2D eigenvalue weighted by Gasteiger charge is -2.22. The topological polar surface area (TPSA) is 24.9 Å². The Labute approximate surface area is 92.3 Å². The molecule has 0 spiro atoms. The summed E-state index contributed by atoms with van der Waals surface area (Å²) < 4.78 is 1.10. The predicted octanol–water partition coefficient (Wildman–Crippen LogP) is 2.15. The fraction of sp³-hybridized carbons (Fsp3) is 0.500. The molecule has 1 fully saturated rings. The van der Waals surface area contributed by atoms with E-state index in [-0.39, 0.29) is 0 Å². The molecule has 2 nitrogen and oxygen atoms in total. The van der Waals surface area contributed by atoms with Crippen LogP contribution in [0.5, 0.6) is 0 Å². The van der Waals surface area contributed by atoms with Gasteiger partial charge in [-0.15, -0.1) is 0 Å². The number of halogens is 1. The second-order valence-corrected chi connectivity index (χ2v) is 4.53. The first-order valence-corrected chi connectivity index (χ1v) is 5.77. The third-order valence-corrected chi connectivity index (χ3v) is 3.05. The Hall–Kier alpha value is -0.160. The zero-order chi connectivity index (χ0) is 9.10. The molecule has 1 aromatic heterocycles. The number of hydrogen-bond acceptors (Lipinski definition) is 2. The van der Waals surface area contributed by atoms with Gasteiger partial charge in [0.05, 0.1) is 0 Å². The van der Waals surface area contributed by atoms with E-state index in [9.17, 15) is 0 Å². The fourth-order valence-electron chi connectivity index (χ4n) is 1.76. The van der Waals surface area contributed by atoms with Gasteiger partial charge in [-0.1, -0.05) is 6.07 Å². The van der Waals surface area contributed by atoms with E-state index in [0.717, 1.165) is 10.2 Å². The SMILES string of the molecule is Ic1cccc(C2CCCNC2)n1. The van der Waals surface area contributed by atoms with Crippen LogP contribution in [0.2, 0.25) is 0 Å². The molecule has 1 aliphatic rings. The molecule has 1 unspecified atom stereocenters. The van der Waals surface area contributed by atoms with E-state index < -0.39 is 0 Å². The van der Waals surface area contributed by atoms with Crippen molar-refractivity contribution in [3.63, 3.8) is 0 Å². The van der Waals surface area contributed by atoms with Crippen molar-refractivity contribution in [2.75, 3.05) is 13.1 Å². The summed E-state index contributed by atoms with van der Waals surface area (Å²) in [5.74, 6) is 0.628. The van der Waals surface area contributed by atoms with Crippen LogP contribution in [0.3, 0.4) is 0 Å². The van der Waals surface area contributed by atoms with Crippen molar-refractivity contribution in [2.45, 2.75) is 18.8 Å². The molecule has 0 amide bonds. The average molecular weight is 288 g/mol. The van der Waals surface area contributed by atoms with Crippen molar-refractivity contribution >= 4 is 22.6 Å². The monoisotopic (exact) mass is 288 g/mol. The lowest BCUT2D eigenvalue weighted by Crippen LogP contribution is -2.28. The number of hydrogen-bond donors (Lipinski definition) is 1. The number of aromatic nitrogens is 1. The van der Waals surface area contributed by atoms with Gasteiger partial charge in [-0.3, -0.25) is 0 Å². The summed E-state index contributed by atoms with van der Waals surface area (Å²) in [4.78, 5) is 4.54. The number of pyridine rings is 1. The van der Waals surface area contributed by atoms with Gasteiger partial charge in [0.1, 0.15) is 3.70 Å². The minimum atomic E-state index is 0.628. The summed E-state index contributed by atoms with van der Waals surface area (Å²) in [6, 6.07) is 6.28. The third-order valence-electron chi connectivity index (χ3n) is 2.45. The minimum Gasteiger partial charge on any atom is -0.316 e. The van der Waals surface area contributed by atoms with Crippen molar-refractivity contribution in [2.24, 2.45) is 0 Å². The molecular weight excluding hydrogens is 275 g/mol. The molecule has 0 saturated carbocycles. The molecule has 70 valence electrons. The van der Waals surface area contributed by atoms with E-state index in [1.54, 1.807) is 0 Å². The maximum atomic E-state index is 4.54. The Morgan fingerprint density at radius 3 is 3.08 bits per heavy atom. The Morgan fingerprint density at radius 2 is 2.38 bits per heavy atom. The van der Waals surface area contributed by atoms with Crippen LogP contribution in [0.25, 0.3) is 0 Å². The summed E-state index contributed by atoms with van der Waals surface area (Å²) in [5, 5.41) is 3.41. The van der Waals surface area contributed by atoms with Crippen molar-refractivity contribution in [3.8, 4) is 0 Å². The molecule has 0 aliphatic carbocycles. The van der Waals surface area contributed by atoms with Gasteiger partial charge in [0, 0.05) is 18.2 Å². The second kappa shape index (κ2) is 4.37. The summed E-state index contributed by atoms with van der Waals surface area (Å²) in [6.07, 6.45) is 2.55. The second-order valence-electron chi connectivity index (χ2n) is 3.43. The van der Waals surface area contributed by atoms with Gasteiger partial charge < -0.3 is 5.32 Å².